The van der Waals surface area contributed by atoms with Gasteiger partial charge in [-0.15, -0.1) is 11.3 Å². The van der Waals surface area contributed by atoms with Crippen LogP contribution in [-0.4, -0.2) is 28.9 Å². The van der Waals surface area contributed by atoms with E-state index in [0.29, 0.717) is 25.5 Å². The molecule has 1 aliphatic heterocycles. The molecule has 0 unspecified atom stereocenters. The molecular formula is C21H21N3O3S. The molecular weight excluding hydrogens is 374 g/mol. The zero-order valence-corrected chi connectivity index (χ0v) is 16.4. The Hall–Kier alpha value is -2.80. The van der Waals surface area contributed by atoms with Gasteiger partial charge in [-0.2, -0.15) is 5.10 Å². The Balaban J connectivity index is 1.42. The number of aromatic nitrogens is 2. The number of hydrogen-bond acceptors (Lipinski definition) is 5. The fraction of sp³-hybridized carbons (Fsp3) is 0.333. The molecule has 1 saturated carbocycles. The van der Waals surface area contributed by atoms with E-state index in [2.05, 4.69) is 11.2 Å². The highest BCUT2D eigenvalue weighted by atomic mass is 32.1. The molecule has 0 spiro atoms. The van der Waals surface area contributed by atoms with Gasteiger partial charge < -0.3 is 14.4 Å². The van der Waals surface area contributed by atoms with Crippen molar-refractivity contribution >= 4 is 22.9 Å². The normalized spacial score (nSPS) is 20.0. The molecule has 0 radical (unpaired) electrons. The smallest absolute Gasteiger partial charge is 0.231 e. The van der Waals surface area contributed by atoms with E-state index in [1.807, 2.05) is 54.0 Å². The van der Waals surface area contributed by atoms with Crippen LogP contribution in [0.15, 0.2) is 48.1 Å². The molecule has 0 saturated heterocycles. The Morgan fingerprint density at radius 2 is 2.14 bits per heavy atom. The van der Waals surface area contributed by atoms with Crippen LogP contribution in [0.3, 0.4) is 0 Å². The molecule has 28 heavy (non-hydrogen) atoms. The van der Waals surface area contributed by atoms with Crippen LogP contribution >= 0.6 is 11.3 Å². The lowest BCUT2D eigenvalue weighted by Crippen LogP contribution is -2.32. The van der Waals surface area contributed by atoms with E-state index in [1.54, 1.807) is 16.0 Å². The van der Waals surface area contributed by atoms with E-state index < -0.39 is 0 Å². The highest BCUT2D eigenvalue weighted by Gasteiger charge is 2.46. The Morgan fingerprint density at radius 3 is 2.89 bits per heavy atom. The zero-order chi connectivity index (χ0) is 19.1. The van der Waals surface area contributed by atoms with E-state index in [9.17, 15) is 4.79 Å². The summed E-state index contributed by atoms with van der Waals surface area (Å²) in [6.45, 7) is 1.65. The molecule has 0 N–H and O–H groups in total. The number of hydrogen-bond donors (Lipinski definition) is 0. The van der Waals surface area contributed by atoms with E-state index in [0.717, 1.165) is 28.3 Å². The lowest BCUT2D eigenvalue weighted by atomic mass is 10.1. The standard InChI is InChI=1S/C21H21N3O3S/c1-23-12-14(11-22-23)17-10-18(17)21(25)24(13-16-3-2-8-28-16)15-4-5-19-20(9-15)27-7-6-26-19/h2-5,8-9,11-12,17-18H,6-7,10,13H2,1H3/t17-,18-/m0/s1. The van der Waals surface area contributed by atoms with Crippen LogP contribution < -0.4 is 14.4 Å². The highest BCUT2D eigenvalue weighted by molar-refractivity contribution is 7.09. The number of carbonyl (C=O) groups is 1. The van der Waals surface area contributed by atoms with Crippen LogP contribution in [0.5, 0.6) is 11.5 Å². The van der Waals surface area contributed by atoms with Crippen LogP contribution in [0.2, 0.25) is 0 Å². The van der Waals surface area contributed by atoms with E-state index in [4.69, 9.17) is 9.47 Å². The quantitative estimate of drug-likeness (QED) is 0.663. The molecule has 1 aromatic carbocycles. The van der Waals surface area contributed by atoms with Crippen molar-refractivity contribution < 1.29 is 14.3 Å². The lowest BCUT2D eigenvalue weighted by Gasteiger charge is -2.25. The van der Waals surface area contributed by atoms with Crippen molar-refractivity contribution in [1.82, 2.24) is 9.78 Å². The second-order valence-corrected chi connectivity index (χ2v) is 8.26. The number of thiophene rings is 1. The van der Waals surface area contributed by atoms with Gasteiger partial charge >= 0.3 is 0 Å². The molecule has 2 aliphatic rings. The van der Waals surface area contributed by atoms with Crippen molar-refractivity contribution in [1.29, 1.82) is 0 Å². The minimum Gasteiger partial charge on any atom is -0.486 e. The summed E-state index contributed by atoms with van der Waals surface area (Å²) in [7, 11) is 1.90. The second-order valence-electron chi connectivity index (χ2n) is 7.23. The van der Waals surface area contributed by atoms with Gasteiger partial charge in [0, 0.05) is 35.8 Å². The molecule has 5 rings (SSSR count). The lowest BCUT2D eigenvalue weighted by molar-refractivity contribution is -0.120. The van der Waals surface area contributed by atoms with Crippen LogP contribution in [0.4, 0.5) is 5.69 Å². The van der Waals surface area contributed by atoms with Gasteiger partial charge in [0.1, 0.15) is 13.2 Å². The number of fused-ring (bicyclic) bond motifs is 1. The predicted octanol–water partition coefficient (Wildman–Crippen LogP) is 3.59. The van der Waals surface area contributed by atoms with E-state index in [-0.39, 0.29) is 17.7 Å². The molecule has 2 aromatic heterocycles. The van der Waals surface area contributed by atoms with Gasteiger partial charge in [0.05, 0.1) is 12.7 Å². The predicted molar refractivity (Wildman–Crippen MR) is 107 cm³/mol. The fourth-order valence-electron chi connectivity index (χ4n) is 3.72. The third kappa shape index (κ3) is 3.26. The topological polar surface area (TPSA) is 56.6 Å². The maximum Gasteiger partial charge on any atom is 0.231 e. The van der Waals surface area contributed by atoms with Gasteiger partial charge in [-0.3, -0.25) is 9.48 Å². The molecule has 3 heterocycles. The number of anilines is 1. The first-order chi connectivity index (χ1) is 13.7. The summed E-state index contributed by atoms with van der Waals surface area (Å²) in [6, 6.07) is 9.84. The average Bonchev–Trinajstić information content (AvgIpc) is 3.11. The van der Waals surface area contributed by atoms with E-state index in [1.165, 1.54) is 0 Å². The summed E-state index contributed by atoms with van der Waals surface area (Å²) in [4.78, 5) is 16.5. The second kappa shape index (κ2) is 6.98. The Labute approximate surface area is 167 Å². The Morgan fingerprint density at radius 1 is 1.29 bits per heavy atom. The Bertz CT molecular complexity index is 998. The highest BCUT2D eigenvalue weighted by Crippen LogP contribution is 2.49. The molecule has 2 atom stereocenters. The summed E-state index contributed by atoms with van der Waals surface area (Å²) in [6.07, 6.45) is 4.74. The molecule has 7 heteroatoms. The molecule has 144 valence electrons. The van der Waals surface area contributed by atoms with Gasteiger partial charge in [0.25, 0.3) is 0 Å². The minimum atomic E-state index is -0.00244. The number of benzene rings is 1. The van der Waals surface area contributed by atoms with Gasteiger partial charge in [0.2, 0.25) is 5.91 Å². The molecule has 1 fully saturated rings. The summed E-state index contributed by atoms with van der Waals surface area (Å²) in [5, 5.41) is 6.29. The number of aryl methyl sites for hydroxylation is 1. The van der Waals surface area contributed by atoms with Crippen molar-refractivity contribution in [2.24, 2.45) is 13.0 Å². The van der Waals surface area contributed by atoms with Gasteiger partial charge in [-0.05, 0) is 41.5 Å². The van der Waals surface area contributed by atoms with Crippen LogP contribution in [0.1, 0.15) is 22.8 Å². The first-order valence-electron chi connectivity index (χ1n) is 9.41. The van der Waals surface area contributed by atoms with Crippen LogP contribution in [0, 0.1) is 5.92 Å². The summed E-state index contributed by atoms with van der Waals surface area (Å²) in [5.74, 6) is 1.84. The first kappa shape index (κ1) is 17.3. The van der Waals surface area contributed by atoms with Crippen molar-refractivity contribution in [2.75, 3.05) is 18.1 Å². The van der Waals surface area contributed by atoms with Crippen molar-refractivity contribution in [3.05, 3.63) is 58.5 Å². The van der Waals surface area contributed by atoms with Gasteiger partial charge in [0.15, 0.2) is 11.5 Å². The van der Waals surface area contributed by atoms with Gasteiger partial charge in [-0.1, -0.05) is 6.07 Å². The molecule has 1 aliphatic carbocycles. The summed E-state index contributed by atoms with van der Waals surface area (Å²) in [5.41, 5.74) is 1.98. The van der Waals surface area contributed by atoms with E-state index >= 15 is 0 Å². The largest absolute Gasteiger partial charge is 0.486 e. The number of ether oxygens (including phenoxy) is 2. The third-order valence-electron chi connectivity index (χ3n) is 5.26. The van der Waals surface area contributed by atoms with Crippen molar-refractivity contribution in [3.63, 3.8) is 0 Å². The van der Waals surface area contributed by atoms with Crippen LogP contribution in [0.25, 0.3) is 0 Å². The SMILES string of the molecule is Cn1cc([C@@H]2C[C@@H]2C(=O)N(Cc2cccs2)c2ccc3c(c2)OCCO3)cn1. The number of carbonyl (C=O) groups excluding carboxylic acids is 1. The van der Waals surface area contributed by atoms with Crippen LogP contribution in [-0.2, 0) is 18.4 Å². The molecule has 6 nitrogen and oxygen atoms in total. The minimum absolute atomic E-state index is 0.00244. The average molecular weight is 395 g/mol. The maximum absolute atomic E-state index is 13.4. The zero-order valence-electron chi connectivity index (χ0n) is 15.6. The Kier molecular flexibility index (Phi) is 4.31. The van der Waals surface area contributed by atoms with Gasteiger partial charge in [-0.25, -0.2) is 0 Å². The number of rotatable bonds is 5. The summed E-state index contributed by atoms with van der Waals surface area (Å²) < 4.78 is 13.1. The third-order valence-corrected chi connectivity index (χ3v) is 6.12. The maximum atomic E-state index is 13.4. The summed E-state index contributed by atoms with van der Waals surface area (Å²) >= 11 is 1.66. The molecule has 1 amide bonds. The first-order valence-corrected chi connectivity index (χ1v) is 10.3. The monoisotopic (exact) mass is 395 g/mol. The molecule has 3 aromatic rings. The van der Waals surface area contributed by atoms with Crippen molar-refractivity contribution in [3.8, 4) is 11.5 Å². The molecule has 0 bridgehead atoms. The van der Waals surface area contributed by atoms with Crippen molar-refractivity contribution in [2.45, 2.75) is 18.9 Å². The fourth-order valence-corrected chi connectivity index (χ4v) is 4.42. The number of amides is 1. The number of nitrogens with zero attached hydrogens (tertiary/aromatic N) is 3.